The van der Waals surface area contributed by atoms with Crippen LogP contribution >= 0.6 is 0 Å². The van der Waals surface area contributed by atoms with Gasteiger partial charge in [-0.3, -0.25) is 14.4 Å². The van der Waals surface area contributed by atoms with Crippen LogP contribution in [0, 0.1) is 0 Å². The van der Waals surface area contributed by atoms with Gasteiger partial charge in [-0.2, -0.15) is 0 Å². The molecule has 11 heteroatoms. The Morgan fingerprint density at radius 3 is 1.92 bits per heavy atom. The quantitative estimate of drug-likeness (QED) is 0.286. The zero-order valence-electron chi connectivity index (χ0n) is 21.7. The normalized spacial score (nSPS) is 15.7. The first kappa shape index (κ1) is 29.3. The van der Waals surface area contributed by atoms with E-state index in [2.05, 4.69) is 21.3 Å². The molecule has 0 aliphatic heterocycles. The number of hydrogen-bond acceptors (Lipinski definition) is 7. The van der Waals surface area contributed by atoms with Gasteiger partial charge >= 0.3 is 12.1 Å². The fourth-order valence-corrected chi connectivity index (χ4v) is 3.58. The molecule has 4 amide bonds. The summed E-state index contributed by atoms with van der Waals surface area (Å²) in [6.45, 7) is 4.33. The largest absolute Gasteiger partial charge is 0.467 e. The average molecular weight is 517 g/mol. The number of rotatable bonds is 12. The van der Waals surface area contributed by atoms with Crippen LogP contribution in [-0.4, -0.2) is 67.7 Å². The van der Waals surface area contributed by atoms with Gasteiger partial charge in [-0.15, -0.1) is 0 Å². The summed E-state index contributed by atoms with van der Waals surface area (Å²) >= 11 is 0. The summed E-state index contributed by atoms with van der Waals surface area (Å²) < 4.78 is 10.00. The highest BCUT2D eigenvalue weighted by molar-refractivity contribution is 5.92. The van der Waals surface area contributed by atoms with Gasteiger partial charge in [-0.05, 0) is 46.5 Å². The van der Waals surface area contributed by atoms with Crippen LogP contribution in [0.25, 0.3) is 0 Å². The van der Waals surface area contributed by atoms with Gasteiger partial charge in [0.1, 0.15) is 17.7 Å². The highest BCUT2D eigenvalue weighted by atomic mass is 16.6. The molecule has 0 aromatic heterocycles. The number of nitrogens with one attached hydrogen (secondary N) is 4. The van der Waals surface area contributed by atoms with Crippen molar-refractivity contribution in [3.63, 3.8) is 0 Å². The molecule has 2 aliphatic rings. The number of carbonyl (C=O) groups excluding carboxylic acids is 5. The molecule has 0 heterocycles. The third-order valence-electron chi connectivity index (χ3n) is 5.33. The van der Waals surface area contributed by atoms with Gasteiger partial charge in [0.15, 0.2) is 0 Å². The van der Waals surface area contributed by atoms with Crippen LogP contribution in [0.4, 0.5) is 4.79 Å². The molecule has 2 atom stereocenters. The van der Waals surface area contributed by atoms with E-state index in [-0.39, 0.29) is 6.42 Å². The first-order valence-electron chi connectivity index (χ1n) is 12.1. The summed E-state index contributed by atoms with van der Waals surface area (Å²) in [6.07, 6.45) is 12.5. The summed E-state index contributed by atoms with van der Waals surface area (Å²) in [6, 6.07) is -1.82. The van der Waals surface area contributed by atoms with E-state index in [0.29, 0.717) is 19.3 Å². The standard InChI is InChI=1S/C26H36N4O7/c1-26(2,3)37-25(35)30-19(13-17-9-5-6-10-17)23(33)28-15-21(31)27-16-22(32)29-20(24(34)36-4)14-18-11-7-8-12-18/h5-9,11,19-20H,10,12-16H2,1-4H3,(H,27,31)(H,28,33)(H,29,32)(H,30,35)/t19-,20-/m0/s1. The Balaban J connectivity index is 1.82. The molecule has 2 aliphatic carbocycles. The molecule has 0 aromatic rings. The van der Waals surface area contributed by atoms with E-state index in [1.807, 2.05) is 36.5 Å². The number of ether oxygens (including phenoxy) is 2. The second-order valence-corrected chi connectivity index (χ2v) is 9.66. The summed E-state index contributed by atoms with van der Waals surface area (Å²) in [5.74, 6) is -2.34. The molecule has 37 heavy (non-hydrogen) atoms. The highest BCUT2D eigenvalue weighted by Gasteiger charge is 2.26. The molecule has 0 bridgehead atoms. The number of esters is 1. The number of alkyl carbamates (subject to hydrolysis) is 1. The van der Waals surface area contributed by atoms with Crippen molar-refractivity contribution in [2.75, 3.05) is 20.2 Å². The molecule has 4 N–H and O–H groups in total. The molecule has 0 fully saturated rings. The first-order chi connectivity index (χ1) is 17.5. The lowest BCUT2D eigenvalue weighted by Crippen LogP contribution is -2.51. The molecular formula is C26H36N4O7. The molecule has 2 rings (SSSR count). The maximum absolute atomic E-state index is 12.7. The third-order valence-corrected chi connectivity index (χ3v) is 5.33. The lowest BCUT2D eigenvalue weighted by atomic mass is 10.0. The molecule has 11 nitrogen and oxygen atoms in total. The summed E-state index contributed by atoms with van der Waals surface area (Å²) in [5.41, 5.74) is 1.18. The van der Waals surface area contributed by atoms with Gasteiger partial charge in [0.2, 0.25) is 17.7 Å². The minimum absolute atomic E-state index is 0.253. The van der Waals surface area contributed by atoms with Crippen molar-refractivity contribution in [3.8, 4) is 0 Å². The Kier molecular flexibility index (Phi) is 11.1. The van der Waals surface area contributed by atoms with Crippen LogP contribution in [0.1, 0.15) is 46.5 Å². The minimum atomic E-state index is -0.947. The second-order valence-electron chi connectivity index (χ2n) is 9.66. The van der Waals surface area contributed by atoms with Crippen molar-refractivity contribution < 1.29 is 33.4 Å². The number of methoxy groups -OCH3 is 1. The number of carbonyl (C=O) groups is 5. The minimum Gasteiger partial charge on any atom is -0.467 e. The van der Waals surface area contributed by atoms with Gasteiger partial charge < -0.3 is 30.7 Å². The van der Waals surface area contributed by atoms with E-state index in [0.717, 1.165) is 11.1 Å². The van der Waals surface area contributed by atoms with E-state index in [1.54, 1.807) is 20.8 Å². The summed E-state index contributed by atoms with van der Waals surface area (Å²) in [7, 11) is 1.23. The summed E-state index contributed by atoms with van der Waals surface area (Å²) in [4.78, 5) is 61.5. The van der Waals surface area contributed by atoms with Gasteiger partial charge in [0, 0.05) is 0 Å². The lowest BCUT2D eigenvalue weighted by Gasteiger charge is -2.23. The zero-order chi connectivity index (χ0) is 27.4. The molecule has 0 saturated carbocycles. The Morgan fingerprint density at radius 1 is 0.838 bits per heavy atom. The molecule has 202 valence electrons. The smallest absolute Gasteiger partial charge is 0.408 e. The van der Waals surface area contributed by atoms with E-state index < -0.39 is 60.6 Å². The monoisotopic (exact) mass is 516 g/mol. The maximum Gasteiger partial charge on any atom is 0.408 e. The predicted octanol–water partition coefficient (Wildman–Crippen LogP) is 1.32. The van der Waals surface area contributed by atoms with E-state index in [1.165, 1.54) is 7.11 Å². The van der Waals surface area contributed by atoms with Crippen molar-refractivity contribution in [2.45, 2.75) is 64.1 Å². The van der Waals surface area contributed by atoms with Crippen molar-refractivity contribution in [1.82, 2.24) is 21.3 Å². The third kappa shape index (κ3) is 11.1. The van der Waals surface area contributed by atoms with Crippen LogP contribution in [0.15, 0.2) is 47.6 Å². The van der Waals surface area contributed by atoms with E-state index in [9.17, 15) is 24.0 Å². The molecular weight excluding hydrogens is 480 g/mol. The van der Waals surface area contributed by atoms with Gasteiger partial charge in [0.05, 0.1) is 20.2 Å². The second kappa shape index (κ2) is 14.0. The SMILES string of the molecule is COC(=O)[C@H](CC1=CC=CC1)NC(=O)CNC(=O)CNC(=O)[C@H](CC1=CC=CC1)NC(=O)OC(C)(C)C. The Bertz CT molecular complexity index is 1000. The molecule has 0 aromatic carbocycles. The van der Waals surface area contributed by atoms with Crippen molar-refractivity contribution in [3.05, 3.63) is 47.6 Å². The van der Waals surface area contributed by atoms with Gasteiger partial charge in [-0.25, -0.2) is 9.59 Å². The average Bonchev–Trinajstić information content (AvgIpc) is 3.53. The number of allylic oxidation sites excluding steroid dienone is 6. The first-order valence-corrected chi connectivity index (χ1v) is 12.1. The topological polar surface area (TPSA) is 152 Å². The van der Waals surface area contributed by atoms with Crippen LogP contribution < -0.4 is 21.3 Å². The van der Waals surface area contributed by atoms with Gasteiger partial charge in [0.25, 0.3) is 0 Å². The van der Waals surface area contributed by atoms with Crippen molar-refractivity contribution >= 4 is 29.8 Å². The van der Waals surface area contributed by atoms with Crippen LogP contribution in [0.2, 0.25) is 0 Å². The number of amides is 4. The van der Waals surface area contributed by atoms with Crippen LogP contribution in [0.5, 0.6) is 0 Å². The Labute approximate surface area is 216 Å². The Morgan fingerprint density at radius 2 is 1.41 bits per heavy atom. The van der Waals surface area contributed by atoms with E-state index in [4.69, 9.17) is 9.47 Å². The fourth-order valence-electron chi connectivity index (χ4n) is 3.58. The fraction of sp³-hybridized carbons (Fsp3) is 0.500. The highest BCUT2D eigenvalue weighted by Crippen LogP contribution is 2.18. The van der Waals surface area contributed by atoms with Crippen LogP contribution in [-0.2, 0) is 28.7 Å². The maximum atomic E-state index is 12.7. The van der Waals surface area contributed by atoms with Gasteiger partial charge in [-0.1, -0.05) is 47.6 Å². The predicted molar refractivity (Wildman–Crippen MR) is 136 cm³/mol. The zero-order valence-corrected chi connectivity index (χ0v) is 21.7. The van der Waals surface area contributed by atoms with Crippen LogP contribution in [0.3, 0.4) is 0 Å². The molecule has 0 spiro atoms. The van der Waals surface area contributed by atoms with E-state index >= 15 is 0 Å². The summed E-state index contributed by atoms with van der Waals surface area (Å²) in [5, 5.41) is 9.98. The molecule has 0 saturated heterocycles. The molecule has 0 radical (unpaired) electrons. The van der Waals surface area contributed by atoms with Crippen molar-refractivity contribution in [1.29, 1.82) is 0 Å². The molecule has 0 unspecified atom stereocenters. The lowest BCUT2D eigenvalue weighted by molar-refractivity contribution is -0.145. The number of hydrogen-bond donors (Lipinski definition) is 4. The van der Waals surface area contributed by atoms with Crippen molar-refractivity contribution in [2.24, 2.45) is 0 Å². The Hall–Kier alpha value is -3.89.